The molecule has 11 nitrogen and oxygen atoms in total. The second-order valence-corrected chi connectivity index (χ2v) is 10.3. The van der Waals surface area contributed by atoms with Crippen LogP contribution in [0.5, 0.6) is 0 Å². The van der Waals surface area contributed by atoms with Crippen LogP contribution in [0.4, 0.5) is 0 Å². The van der Waals surface area contributed by atoms with E-state index in [1.165, 1.54) is 0 Å². The van der Waals surface area contributed by atoms with Gasteiger partial charge in [-0.25, -0.2) is 0 Å². The number of carbonyl (C=O) groups excluding carboxylic acids is 3. The van der Waals surface area contributed by atoms with Gasteiger partial charge in [0.05, 0.1) is 23.7 Å². The SMILES string of the molecule is CCC(C)C(=O)OCC(O)COC(=O)C1CCCCC1C(=O)OCC(O)CNC1CCC(C(=O)O)CC1. The summed E-state index contributed by atoms with van der Waals surface area (Å²) in [6.07, 6.45) is 3.60. The molecule has 0 amide bonds. The molecule has 37 heavy (non-hydrogen) atoms. The van der Waals surface area contributed by atoms with Crippen LogP contribution >= 0.6 is 0 Å². The number of carbonyl (C=O) groups is 4. The van der Waals surface area contributed by atoms with Crippen molar-refractivity contribution in [2.45, 2.75) is 89.9 Å². The molecule has 2 rings (SSSR count). The number of hydrogen-bond acceptors (Lipinski definition) is 10. The maximum atomic E-state index is 12.7. The monoisotopic (exact) mass is 529 g/mol. The smallest absolute Gasteiger partial charge is 0.309 e. The molecule has 0 aromatic heterocycles. The number of aliphatic hydroxyl groups is 2. The maximum absolute atomic E-state index is 12.7. The molecular formula is C26H43NO10. The number of hydrogen-bond donors (Lipinski definition) is 4. The van der Waals surface area contributed by atoms with Crippen molar-refractivity contribution in [3.8, 4) is 0 Å². The Kier molecular flexibility index (Phi) is 13.3. The Hall–Kier alpha value is -2.24. The molecular weight excluding hydrogens is 486 g/mol. The van der Waals surface area contributed by atoms with E-state index in [-0.39, 0.29) is 44.2 Å². The molecule has 0 bridgehead atoms. The quantitative estimate of drug-likeness (QED) is 0.190. The second kappa shape index (κ2) is 15.9. The van der Waals surface area contributed by atoms with Crippen molar-refractivity contribution in [3.63, 3.8) is 0 Å². The number of carboxylic acid groups (broad SMARTS) is 1. The van der Waals surface area contributed by atoms with Crippen molar-refractivity contribution in [2.75, 3.05) is 26.4 Å². The van der Waals surface area contributed by atoms with Crippen LogP contribution in [-0.4, -0.2) is 83.8 Å². The van der Waals surface area contributed by atoms with Gasteiger partial charge in [0, 0.05) is 12.6 Å². The fourth-order valence-electron chi connectivity index (χ4n) is 4.71. The molecule has 0 aromatic carbocycles. The molecule has 0 heterocycles. The minimum Gasteiger partial charge on any atom is -0.481 e. The van der Waals surface area contributed by atoms with Crippen LogP contribution in [0.25, 0.3) is 0 Å². The van der Waals surface area contributed by atoms with Crippen LogP contribution in [0.1, 0.15) is 71.6 Å². The Morgan fingerprint density at radius 1 is 0.811 bits per heavy atom. The zero-order valence-electron chi connectivity index (χ0n) is 21.9. The topological polar surface area (TPSA) is 169 Å². The first-order valence-electron chi connectivity index (χ1n) is 13.4. The van der Waals surface area contributed by atoms with Crippen molar-refractivity contribution in [3.05, 3.63) is 0 Å². The summed E-state index contributed by atoms with van der Waals surface area (Å²) in [5.41, 5.74) is 0. The number of ether oxygens (including phenoxy) is 3. The molecule has 0 spiro atoms. The van der Waals surface area contributed by atoms with Gasteiger partial charge in [-0.1, -0.05) is 26.7 Å². The lowest BCUT2D eigenvalue weighted by Crippen LogP contribution is -2.41. The number of nitrogens with one attached hydrogen (secondary N) is 1. The van der Waals surface area contributed by atoms with E-state index in [1.54, 1.807) is 6.92 Å². The fourth-order valence-corrected chi connectivity index (χ4v) is 4.71. The van der Waals surface area contributed by atoms with Gasteiger partial charge in [0.2, 0.25) is 0 Å². The molecule has 4 N–H and O–H groups in total. The summed E-state index contributed by atoms with van der Waals surface area (Å²) in [4.78, 5) is 48.1. The third kappa shape index (κ3) is 10.6. The van der Waals surface area contributed by atoms with Gasteiger partial charge >= 0.3 is 23.9 Å². The molecule has 0 aliphatic heterocycles. The molecule has 2 aliphatic rings. The number of rotatable bonds is 14. The first-order valence-corrected chi connectivity index (χ1v) is 13.4. The molecule has 5 unspecified atom stereocenters. The minimum atomic E-state index is -1.16. The third-order valence-electron chi connectivity index (χ3n) is 7.36. The number of esters is 3. The van der Waals surface area contributed by atoms with Crippen LogP contribution in [-0.2, 0) is 33.4 Å². The van der Waals surface area contributed by atoms with E-state index in [4.69, 9.17) is 19.3 Å². The van der Waals surface area contributed by atoms with E-state index < -0.39 is 47.9 Å². The van der Waals surface area contributed by atoms with Crippen LogP contribution in [0.15, 0.2) is 0 Å². The second-order valence-electron chi connectivity index (χ2n) is 10.3. The Bertz CT molecular complexity index is 752. The fraction of sp³-hybridized carbons (Fsp3) is 0.846. The Balaban J connectivity index is 1.71. The van der Waals surface area contributed by atoms with Gasteiger partial charge in [-0.3, -0.25) is 19.2 Å². The molecule has 212 valence electrons. The number of aliphatic carboxylic acids is 1. The Labute approximate surface area is 218 Å². The summed E-state index contributed by atoms with van der Waals surface area (Å²) in [5.74, 6) is -4.34. The zero-order chi connectivity index (χ0) is 27.4. The summed E-state index contributed by atoms with van der Waals surface area (Å²) in [6, 6.07) is 0.118. The van der Waals surface area contributed by atoms with Gasteiger partial charge in [-0.2, -0.15) is 0 Å². The van der Waals surface area contributed by atoms with Crippen molar-refractivity contribution in [1.29, 1.82) is 0 Å². The minimum absolute atomic E-state index is 0.118. The highest BCUT2D eigenvalue weighted by atomic mass is 16.6. The van der Waals surface area contributed by atoms with E-state index in [0.717, 1.165) is 12.8 Å². The first kappa shape index (κ1) is 31.0. The molecule has 2 aliphatic carbocycles. The summed E-state index contributed by atoms with van der Waals surface area (Å²) >= 11 is 0. The molecule has 5 atom stereocenters. The lowest BCUT2D eigenvalue weighted by Gasteiger charge is -2.29. The Morgan fingerprint density at radius 3 is 1.84 bits per heavy atom. The normalized spacial score (nSPS) is 26.4. The molecule has 2 saturated carbocycles. The zero-order valence-corrected chi connectivity index (χ0v) is 21.9. The predicted octanol–water partition coefficient (Wildman–Crippen LogP) is 1.42. The largest absolute Gasteiger partial charge is 0.481 e. The number of aliphatic hydroxyl groups excluding tert-OH is 2. The van der Waals surface area contributed by atoms with E-state index >= 15 is 0 Å². The van der Waals surface area contributed by atoms with Crippen LogP contribution < -0.4 is 5.32 Å². The molecule has 0 aromatic rings. The lowest BCUT2D eigenvalue weighted by atomic mass is 9.79. The molecule has 0 radical (unpaired) electrons. The van der Waals surface area contributed by atoms with Crippen LogP contribution in [0, 0.1) is 23.7 Å². The maximum Gasteiger partial charge on any atom is 0.309 e. The van der Waals surface area contributed by atoms with E-state index in [0.29, 0.717) is 44.9 Å². The van der Waals surface area contributed by atoms with Crippen molar-refractivity contribution < 1.29 is 48.7 Å². The van der Waals surface area contributed by atoms with Gasteiger partial charge < -0.3 is 34.8 Å². The van der Waals surface area contributed by atoms with Gasteiger partial charge in [0.15, 0.2) is 0 Å². The van der Waals surface area contributed by atoms with Crippen molar-refractivity contribution in [1.82, 2.24) is 5.32 Å². The third-order valence-corrected chi connectivity index (χ3v) is 7.36. The summed E-state index contributed by atoms with van der Waals surface area (Å²) < 4.78 is 15.5. The van der Waals surface area contributed by atoms with Gasteiger partial charge in [-0.05, 0) is 44.9 Å². The van der Waals surface area contributed by atoms with Gasteiger partial charge in [0.25, 0.3) is 0 Å². The average molecular weight is 530 g/mol. The van der Waals surface area contributed by atoms with Gasteiger partial charge in [-0.15, -0.1) is 0 Å². The first-order chi connectivity index (χ1) is 17.6. The number of carboxylic acids is 1. The van der Waals surface area contributed by atoms with E-state index in [9.17, 15) is 29.4 Å². The lowest BCUT2D eigenvalue weighted by molar-refractivity contribution is -0.167. The van der Waals surface area contributed by atoms with E-state index in [2.05, 4.69) is 5.32 Å². The molecule has 11 heteroatoms. The molecule has 0 saturated heterocycles. The van der Waals surface area contributed by atoms with Crippen LogP contribution in [0.2, 0.25) is 0 Å². The van der Waals surface area contributed by atoms with E-state index in [1.807, 2.05) is 6.92 Å². The predicted molar refractivity (Wildman–Crippen MR) is 131 cm³/mol. The average Bonchev–Trinajstić information content (AvgIpc) is 2.91. The summed E-state index contributed by atoms with van der Waals surface area (Å²) in [5, 5.41) is 32.5. The van der Waals surface area contributed by atoms with Gasteiger partial charge in [0.1, 0.15) is 32.0 Å². The summed E-state index contributed by atoms with van der Waals surface area (Å²) in [7, 11) is 0. The van der Waals surface area contributed by atoms with Crippen molar-refractivity contribution >= 4 is 23.9 Å². The van der Waals surface area contributed by atoms with Crippen LogP contribution in [0.3, 0.4) is 0 Å². The highest BCUT2D eigenvalue weighted by Crippen LogP contribution is 2.32. The standard InChI is InChI=1S/C26H43NO10/c1-3-16(2)24(32)35-14-20(29)15-37-26(34)22-7-5-4-6-21(22)25(33)36-13-19(28)12-27-18-10-8-17(9-11-18)23(30)31/h16-22,27-29H,3-15H2,1-2H3,(H,30,31). The highest BCUT2D eigenvalue weighted by molar-refractivity contribution is 5.82. The van der Waals surface area contributed by atoms with Crippen molar-refractivity contribution in [2.24, 2.45) is 23.7 Å². The summed E-state index contributed by atoms with van der Waals surface area (Å²) in [6.45, 7) is 2.95. The molecule has 2 fully saturated rings. The highest BCUT2D eigenvalue weighted by Gasteiger charge is 2.38. The Morgan fingerprint density at radius 2 is 1.32 bits per heavy atom.